The second-order valence-electron chi connectivity index (χ2n) is 6.64. The van der Waals surface area contributed by atoms with Gasteiger partial charge in [0.2, 0.25) is 0 Å². The van der Waals surface area contributed by atoms with E-state index in [4.69, 9.17) is 33.5 Å². The molecule has 0 saturated carbocycles. The van der Waals surface area contributed by atoms with Crippen molar-refractivity contribution in [2.24, 2.45) is 5.73 Å². The van der Waals surface area contributed by atoms with Crippen LogP contribution in [0.1, 0.15) is 13.3 Å². The van der Waals surface area contributed by atoms with E-state index in [1.54, 1.807) is 0 Å². The second kappa shape index (κ2) is 14.8. The smallest absolute Gasteiger partial charge is 0.307 e. The van der Waals surface area contributed by atoms with Gasteiger partial charge in [-0.25, -0.2) is 0 Å². The number of carbonyl (C=O) groups excluding carboxylic acids is 1. The summed E-state index contributed by atoms with van der Waals surface area (Å²) in [5.74, 6) is -0.187. The molecule has 11 heteroatoms. The van der Waals surface area contributed by atoms with Gasteiger partial charge in [0.1, 0.15) is 6.61 Å². The summed E-state index contributed by atoms with van der Waals surface area (Å²) in [5.41, 5.74) is 18.5. The van der Waals surface area contributed by atoms with E-state index < -0.39 is 4.92 Å². The van der Waals surface area contributed by atoms with E-state index in [0.29, 0.717) is 44.9 Å². The summed E-state index contributed by atoms with van der Waals surface area (Å²) in [6, 6.07) is 11.6. The number of nitrogens with zero attached hydrogens (tertiary/aromatic N) is 2. The Kier molecular flexibility index (Phi) is 12.5. The number of nitrogens with two attached hydrogens (primary N) is 3. The molecule has 10 nitrogen and oxygen atoms in total. The molecule has 0 aromatic heterocycles. The van der Waals surface area contributed by atoms with Gasteiger partial charge in [-0.05, 0) is 37.3 Å². The van der Waals surface area contributed by atoms with Crippen molar-refractivity contribution >= 4 is 40.3 Å². The topological polar surface area (TPSA) is 163 Å². The highest BCUT2D eigenvalue weighted by Gasteiger charge is 2.07. The van der Waals surface area contributed by atoms with Crippen LogP contribution in [0.4, 0.5) is 22.7 Å². The third kappa shape index (κ3) is 10.3. The van der Waals surface area contributed by atoms with Crippen molar-refractivity contribution < 1.29 is 14.5 Å². The van der Waals surface area contributed by atoms with Gasteiger partial charge in [0, 0.05) is 49.7 Å². The van der Waals surface area contributed by atoms with E-state index in [-0.39, 0.29) is 16.7 Å². The number of anilines is 3. The quantitative estimate of drug-likeness (QED) is 0.128. The summed E-state index contributed by atoms with van der Waals surface area (Å²) in [5, 5.41) is 13.4. The van der Waals surface area contributed by atoms with Gasteiger partial charge < -0.3 is 32.2 Å². The molecule has 176 valence electrons. The largest absolute Gasteiger partial charge is 0.464 e. The monoisotopic (exact) mass is 466 g/mol. The van der Waals surface area contributed by atoms with Crippen LogP contribution < -0.4 is 27.4 Å². The SMILES string of the molecule is CCN(CCOC(=O)CCNCCN)c1ccc(N)cc1.Nc1ccc([N+](=O)[O-])cc1Cl. The molecule has 0 unspecified atom stereocenters. The van der Waals surface area contributed by atoms with Crippen molar-refractivity contribution in [1.29, 1.82) is 0 Å². The molecule has 0 radical (unpaired) electrons. The lowest BCUT2D eigenvalue weighted by molar-refractivity contribution is -0.384. The number of nitro benzene ring substituents is 1. The van der Waals surface area contributed by atoms with E-state index in [2.05, 4.69) is 17.1 Å². The molecule has 7 N–H and O–H groups in total. The molecule has 0 amide bonds. The average molecular weight is 467 g/mol. The maximum atomic E-state index is 11.5. The Morgan fingerprint density at radius 2 is 1.88 bits per heavy atom. The predicted octanol–water partition coefficient (Wildman–Crippen LogP) is 2.41. The van der Waals surface area contributed by atoms with Gasteiger partial charge >= 0.3 is 5.97 Å². The number of non-ortho nitro benzene ring substituents is 1. The van der Waals surface area contributed by atoms with Crippen LogP contribution in [0, 0.1) is 10.1 Å². The first-order chi connectivity index (χ1) is 15.3. The Bertz CT molecular complexity index is 851. The van der Waals surface area contributed by atoms with Crippen LogP contribution in [0.2, 0.25) is 5.02 Å². The zero-order valence-electron chi connectivity index (χ0n) is 18.1. The van der Waals surface area contributed by atoms with Crippen molar-refractivity contribution in [3.8, 4) is 0 Å². The van der Waals surface area contributed by atoms with Crippen LogP contribution in [0.15, 0.2) is 42.5 Å². The minimum absolute atomic E-state index is 0.0517. The van der Waals surface area contributed by atoms with Gasteiger partial charge in [-0.2, -0.15) is 0 Å². The molecule has 32 heavy (non-hydrogen) atoms. The highest BCUT2D eigenvalue weighted by atomic mass is 35.5. The summed E-state index contributed by atoms with van der Waals surface area (Å²) in [7, 11) is 0. The summed E-state index contributed by atoms with van der Waals surface area (Å²) in [4.78, 5) is 23.3. The molecule has 2 aromatic rings. The molecule has 0 aliphatic carbocycles. The van der Waals surface area contributed by atoms with Crippen LogP contribution in [0.25, 0.3) is 0 Å². The predicted molar refractivity (Wildman–Crippen MR) is 129 cm³/mol. The molecule has 0 aliphatic heterocycles. The fourth-order valence-corrected chi connectivity index (χ4v) is 2.72. The number of nitrogens with one attached hydrogen (secondary N) is 1. The Morgan fingerprint density at radius 1 is 1.19 bits per heavy atom. The van der Waals surface area contributed by atoms with Crippen molar-refractivity contribution in [3.63, 3.8) is 0 Å². The molecule has 2 aromatic carbocycles. The lowest BCUT2D eigenvalue weighted by atomic mass is 10.2. The molecule has 0 bridgehead atoms. The fraction of sp³-hybridized carbons (Fsp3) is 0.381. The van der Waals surface area contributed by atoms with Crippen molar-refractivity contribution in [1.82, 2.24) is 5.32 Å². The van der Waals surface area contributed by atoms with E-state index in [9.17, 15) is 14.9 Å². The Labute approximate surface area is 192 Å². The standard InChI is InChI=1S/C15H26N4O2.C6H5ClN2O2/c1-2-19(14-5-3-13(17)4-6-14)11-12-21-15(20)7-9-18-10-8-16;7-5-3-4(9(10)11)1-2-6(5)8/h3-6,18H,2,7-12,16-17H2,1H3;1-3H,8H2. The first-order valence-corrected chi connectivity index (χ1v) is 10.5. The zero-order chi connectivity index (χ0) is 23.9. The maximum Gasteiger partial charge on any atom is 0.307 e. The number of esters is 1. The van der Waals surface area contributed by atoms with Gasteiger partial charge in [0.15, 0.2) is 0 Å². The summed E-state index contributed by atoms with van der Waals surface area (Å²) < 4.78 is 5.22. The van der Waals surface area contributed by atoms with E-state index >= 15 is 0 Å². The number of rotatable bonds is 11. The van der Waals surface area contributed by atoms with Crippen LogP contribution in [-0.4, -0.2) is 50.2 Å². The minimum Gasteiger partial charge on any atom is -0.464 e. The number of halogens is 1. The van der Waals surface area contributed by atoms with E-state index in [1.807, 2.05) is 24.3 Å². The van der Waals surface area contributed by atoms with Gasteiger partial charge in [-0.3, -0.25) is 14.9 Å². The normalized spacial score (nSPS) is 10.1. The molecule has 0 atom stereocenters. The molecule has 0 heterocycles. The average Bonchev–Trinajstić information content (AvgIpc) is 2.77. The Hall–Kier alpha value is -3.08. The lowest BCUT2D eigenvalue weighted by Gasteiger charge is -2.23. The zero-order valence-corrected chi connectivity index (χ0v) is 18.9. The van der Waals surface area contributed by atoms with E-state index in [0.717, 1.165) is 17.9 Å². The number of nitrogen functional groups attached to an aromatic ring is 2. The third-order valence-corrected chi connectivity index (χ3v) is 4.61. The molecule has 0 spiro atoms. The lowest BCUT2D eigenvalue weighted by Crippen LogP contribution is -2.29. The highest BCUT2D eigenvalue weighted by molar-refractivity contribution is 6.33. The molecular weight excluding hydrogens is 436 g/mol. The molecule has 0 aliphatic rings. The van der Waals surface area contributed by atoms with Gasteiger partial charge in [0.05, 0.1) is 28.6 Å². The number of carbonyl (C=O) groups is 1. The number of ether oxygens (including phenoxy) is 1. The second-order valence-corrected chi connectivity index (χ2v) is 7.05. The summed E-state index contributed by atoms with van der Waals surface area (Å²) in [6.07, 6.45) is 0.369. The third-order valence-electron chi connectivity index (χ3n) is 4.29. The Morgan fingerprint density at radius 3 is 2.44 bits per heavy atom. The first kappa shape index (κ1) is 27.0. The van der Waals surface area contributed by atoms with Gasteiger partial charge in [-0.1, -0.05) is 11.6 Å². The van der Waals surface area contributed by atoms with Gasteiger partial charge in [0.25, 0.3) is 5.69 Å². The van der Waals surface area contributed by atoms with Crippen LogP contribution in [-0.2, 0) is 9.53 Å². The minimum atomic E-state index is -0.522. The summed E-state index contributed by atoms with van der Waals surface area (Å²) in [6.45, 7) is 5.85. The number of hydrogen-bond acceptors (Lipinski definition) is 9. The van der Waals surface area contributed by atoms with Gasteiger partial charge in [-0.15, -0.1) is 0 Å². The number of nitro groups is 1. The number of benzene rings is 2. The van der Waals surface area contributed by atoms with E-state index in [1.165, 1.54) is 18.2 Å². The van der Waals surface area contributed by atoms with Crippen LogP contribution >= 0.6 is 11.6 Å². The molecule has 0 saturated heterocycles. The van der Waals surface area contributed by atoms with Crippen molar-refractivity contribution in [2.45, 2.75) is 13.3 Å². The van der Waals surface area contributed by atoms with Crippen LogP contribution in [0.3, 0.4) is 0 Å². The molecule has 0 fully saturated rings. The number of hydrogen-bond donors (Lipinski definition) is 4. The fourth-order valence-electron chi connectivity index (χ4n) is 2.54. The van der Waals surface area contributed by atoms with Crippen LogP contribution in [0.5, 0.6) is 0 Å². The van der Waals surface area contributed by atoms with Crippen molar-refractivity contribution in [3.05, 3.63) is 57.6 Å². The summed E-state index contributed by atoms with van der Waals surface area (Å²) >= 11 is 5.53. The maximum absolute atomic E-state index is 11.5. The van der Waals surface area contributed by atoms with Crippen molar-refractivity contribution in [2.75, 3.05) is 55.7 Å². The first-order valence-electron chi connectivity index (χ1n) is 10.1. The number of likely N-dealkylation sites (N-methyl/N-ethyl adjacent to an activating group) is 1. The Balaban J connectivity index is 0.000000389. The highest BCUT2D eigenvalue weighted by Crippen LogP contribution is 2.23. The molecule has 2 rings (SSSR count). The molecular formula is C21H31ClN6O4.